The maximum absolute atomic E-state index is 5.87. The van der Waals surface area contributed by atoms with Gasteiger partial charge in [-0.1, -0.05) is 12.1 Å². The van der Waals surface area contributed by atoms with Gasteiger partial charge in [-0.15, -0.1) is 0 Å². The normalized spacial score (nSPS) is 17.2. The molecule has 0 unspecified atom stereocenters. The lowest BCUT2D eigenvalue weighted by Crippen LogP contribution is -2.17. The fraction of sp³-hybridized carbons (Fsp3) is 0.385. The Bertz CT molecular complexity index is 498. The van der Waals surface area contributed by atoms with Crippen molar-refractivity contribution in [2.45, 2.75) is 19.4 Å². The van der Waals surface area contributed by atoms with Gasteiger partial charge in [-0.2, -0.15) is 0 Å². The zero-order valence-corrected chi connectivity index (χ0v) is 9.28. The van der Waals surface area contributed by atoms with Gasteiger partial charge < -0.3 is 10.2 Å². The number of nitrogens with zero attached hydrogens (tertiary/aromatic N) is 1. The van der Waals surface area contributed by atoms with E-state index in [1.165, 1.54) is 31.5 Å². The molecule has 1 aliphatic rings. The molecule has 2 heterocycles. The molecule has 0 radical (unpaired) electrons. The van der Waals surface area contributed by atoms with Gasteiger partial charge in [0, 0.05) is 17.5 Å². The number of rotatable bonds is 2. The molecule has 1 aliphatic heterocycles. The van der Waals surface area contributed by atoms with E-state index in [0.29, 0.717) is 0 Å². The van der Waals surface area contributed by atoms with Gasteiger partial charge in [-0.25, -0.2) is 0 Å². The lowest BCUT2D eigenvalue weighted by Gasteiger charge is -2.12. The number of hydrogen-bond acceptors (Lipinski definition) is 3. The molecule has 0 amide bonds. The van der Waals surface area contributed by atoms with E-state index in [4.69, 9.17) is 10.2 Å². The van der Waals surface area contributed by atoms with Crippen LogP contribution in [0.1, 0.15) is 18.4 Å². The summed E-state index contributed by atoms with van der Waals surface area (Å²) in [7, 11) is 0. The smallest absolute Gasteiger partial charge is 0.157 e. The van der Waals surface area contributed by atoms with Gasteiger partial charge in [0.25, 0.3) is 0 Å². The number of anilines is 1. The van der Waals surface area contributed by atoms with E-state index in [9.17, 15) is 0 Å². The highest BCUT2D eigenvalue weighted by atomic mass is 16.3. The van der Waals surface area contributed by atoms with Crippen molar-refractivity contribution in [2.24, 2.45) is 0 Å². The molecule has 3 rings (SSSR count). The number of nitrogen functional groups attached to an aromatic ring is 1. The minimum absolute atomic E-state index is 0.727. The molecule has 2 N–H and O–H groups in total. The van der Waals surface area contributed by atoms with E-state index in [1.54, 1.807) is 0 Å². The van der Waals surface area contributed by atoms with Crippen LogP contribution in [-0.4, -0.2) is 18.0 Å². The van der Waals surface area contributed by atoms with Crippen molar-refractivity contribution in [1.82, 2.24) is 4.90 Å². The number of likely N-dealkylation sites (tertiary alicyclic amines) is 1. The second-order valence-corrected chi connectivity index (χ2v) is 4.47. The number of benzene rings is 1. The molecular weight excluding hydrogens is 200 g/mol. The summed E-state index contributed by atoms with van der Waals surface area (Å²) in [4.78, 5) is 2.47. The van der Waals surface area contributed by atoms with E-state index in [2.05, 4.69) is 11.0 Å². The Kier molecular flexibility index (Phi) is 2.33. The van der Waals surface area contributed by atoms with Crippen LogP contribution in [0.15, 0.2) is 28.9 Å². The Hall–Kier alpha value is -1.48. The first-order chi connectivity index (χ1) is 7.84. The Balaban J connectivity index is 1.94. The predicted octanol–water partition coefficient (Wildman–Crippen LogP) is 2.61. The summed E-state index contributed by atoms with van der Waals surface area (Å²) in [5, 5.41) is 1.16. The first kappa shape index (κ1) is 9.73. The average molecular weight is 216 g/mol. The minimum atomic E-state index is 0.727. The Morgan fingerprint density at radius 2 is 2.06 bits per heavy atom. The third-order valence-electron chi connectivity index (χ3n) is 3.30. The summed E-state index contributed by atoms with van der Waals surface area (Å²) in [6.45, 7) is 3.39. The highest BCUT2D eigenvalue weighted by Gasteiger charge is 2.15. The highest BCUT2D eigenvalue weighted by molar-refractivity contribution is 5.90. The number of furan rings is 1. The molecule has 1 aromatic heterocycles. The molecule has 3 nitrogen and oxygen atoms in total. The molecule has 0 bridgehead atoms. The zero-order valence-electron chi connectivity index (χ0n) is 9.28. The van der Waals surface area contributed by atoms with E-state index in [0.717, 1.165) is 23.2 Å². The number of para-hydroxylation sites is 1. The summed E-state index contributed by atoms with van der Waals surface area (Å²) in [5.41, 5.74) is 8.68. The third kappa shape index (κ3) is 1.57. The maximum Gasteiger partial charge on any atom is 0.157 e. The van der Waals surface area contributed by atoms with Gasteiger partial charge >= 0.3 is 0 Å². The first-order valence-electron chi connectivity index (χ1n) is 5.81. The Morgan fingerprint density at radius 1 is 1.25 bits per heavy atom. The summed E-state index contributed by atoms with van der Waals surface area (Å²) in [5.74, 6) is 0. The van der Waals surface area contributed by atoms with Crippen LogP contribution < -0.4 is 5.73 Å². The lowest BCUT2D eigenvalue weighted by molar-refractivity contribution is 0.331. The van der Waals surface area contributed by atoms with E-state index in [-0.39, 0.29) is 0 Å². The van der Waals surface area contributed by atoms with Gasteiger partial charge in [0.2, 0.25) is 0 Å². The molecular formula is C13H16N2O. The second-order valence-electron chi connectivity index (χ2n) is 4.47. The Labute approximate surface area is 94.8 Å². The van der Waals surface area contributed by atoms with Crippen LogP contribution in [0.4, 0.5) is 5.69 Å². The van der Waals surface area contributed by atoms with Gasteiger partial charge in [0.05, 0.1) is 12.0 Å². The maximum atomic E-state index is 5.87. The molecule has 3 heteroatoms. The van der Waals surface area contributed by atoms with Crippen molar-refractivity contribution in [1.29, 1.82) is 0 Å². The van der Waals surface area contributed by atoms with E-state index in [1.807, 2.05) is 18.4 Å². The van der Waals surface area contributed by atoms with Crippen LogP contribution in [0.2, 0.25) is 0 Å². The van der Waals surface area contributed by atoms with Crippen molar-refractivity contribution in [3.8, 4) is 0 Å². The topological polar surface area (TPSA) is 42.4 Å². The summed E-state index contributed by atoms with van der Waals surface area (Å²) >= 11 is 0. The average Bonchev–Trinajstić information content (AvgIpc) is 2.90. The van der Waals surface area contributed by atoms with Crippen molar-refractivity contribution < 1.29 is 4.42 Å². The molecule has 2 aromatic rings. The molecule has 0 spiro atoms. The molecule has 1 fully saturated rings. The van der Waals surface area contributed by atoms with Crippen molar-refractivity contribution >= 4 is 16.7 Å². The number of fused-ring (bicyclic) bond motifs is 1. The van der Waals surface area contributed by atoms with Crippen LogP contribution in [0.5, 0.6) is 0 Å². The van der Waals surface area contributed by atoms with Gasteiger partial charge in [-0.05, 0) is 32.0 Å². The molecule has 1 aromatic carbocycles. The lowest BCUT2D eigenvalue weighted by atomic mass is 10.1. The van der Waals surface area contributed by atoms with Crippen LogP contribution in [0, 0.1) is 0 Å². The van der Waals surface area contributed by atoms with Gasteiger partial charge in [0.15, 0.2) is 5.58 Å². The summed E-state index contributed by atoms with van der Waals surface area (Å²) in [6, 6.07) is 5.95. The molecule has 0 aliphatic carbocycles. The van der Waals surface area contributed by atoms with E-state index < -0.39 is 0 Å². The molecule has 1 saturated heterocycles. The second kappa shape index (κ2) is 3.83. The minimum Gasteiger partial charge on any atom is -0.462 e. The number of hydrogen-bond donors (Lipinski definition) is 1. The largest absolute Gasteiger partial charge is 0.462 e. The quantitative estimate of drug-likeness (QED) is 0.785. The highest BCUT2D eigenvalue weighted by Crippen LogP contribution is 2.27. The zero-order chi connectivity index (χ0) is 11.0. The van der Waals surface area contributed by atoms with Gasteiger partial charge in [-0.3, -0.25) is 4.90 Å². The monoisotopic (exact) mass is 216 g/mol. The Morgan fingerprint density at radius 3 is 2.88 bits per heavy atom. The predicted molar refractivity (Wildman–Crippen MR) is 65.1 cm³/mol. The summed E-state index contributed by atoms with van der Waals surface area (Å²) < 4.78 is 5.54. The molecule has 16 heavy (non-hydrogen) atoms. The fourth-order valence-electron chi connectivity index (χ4n) is 2.44. The van der Waals surface area contributed by atoms with Crippen LogP contribution in [0.3, 0.4) is 0 Å². The van der Waals surface area contributed by atoms with Gasteiger partial charge in [0.1, 0.15) is 0 Å². The van der Waals surface area contributed by atoms with E-state index >= 15 is 0 Å². The summed E-state index contributed by atoms with van der Waals surface area (Å²) in [6.07, 6.45) is 4.48. The SMILES string of the molecule is Nc1cccc2c(CN3CCCC3)coc12. The number of nitrogens with two attached hydrogens (primary N) is 1. The fourth-order valence-corrected chi connectivity index (χ4v) is 2.44. The van der Waals surface area contributed by atoms with Crippen LogP contribution in [-0.2, 0) is 6.54 Å². The first-order valence-corrected chi connectivity index (χ1v) is 5.81. The molecule has 84 valence electrons. The molecule has 0 atom stereocenters. The van der Waals surface area contributed by atoms with Crippen molar-refractivity contribution in [3.63, 3.8) is 0 Å². The van der Waals surface area contributed by atoms with Crippen LogP contribution >= 0.6 is 0 Å². The van der Waals surface area contributed by atoms with Crippen molar-refractivity contribution in [3.05, 3.63) is 30.0 Å². The standard InChI is InChI=1S/C13H16N2O/c14-12-5-3-4-11-10(9-16-13(11)12)8-15-6-1-2-7-15/h3-5,9H,1-2,6-8,14H2. The van der Waals surface area contributed by atoms with Crippen molar-refractivity contribution in [2.75, 3.05) is 18.8 Å². The third-order valence-corrected chi connectivity index (χ3v) is 3.30. The molecule has 0 saturated carbocycles. The van der Waals surface area contributed by atoms with Crippen LogP contribution in [0.25, 0.3) is 11.0 Å².